The predicted octanol–water partition coefficient (Wildman–Crippen LogP) is 5.04. The second-order valence-electron chi connectivity index (χ2n) is 7.26. The summed E-state index contributed by atoms with van der Waals surface area (Å²) in [7, 11) is 0. The van der Waals surface area contributed by atoms with Crippen molar-refractivity contribution in [1.82, 2.24) is 0 Å². The molecule has 0 atom stereocenters. The lowest BCUT2D eigenvalue weighted by Crippen LogP contribution is -2.33. The van der Waals surface area contributed by atoms with Gasteiger partial charge in [-0.05, 0) is 53.3 Å². The first-order chi connectivity index (χ1) is 12.3. The van der Waals surface area contributed by atoms with Crippen LogP contribution in [0.4, 0.5) is 0 Å². The molecule has 0 bridgehead atoms. The molecule has 3 aromatic carbocycles. The SMILES string of the molecule is Cc1c2c(cc3c1ccc1[n+]3Cc3ccccc3-1)Cc1ccccc1-2. The maximum atomic E-state index is 2.50. The van der Waals surface area contributed by atoms with Gasteiger partial charge in [-0.2, -0.15) is 4.57 Å². The van der Waals surface area contributed by atoms with E-state index in [0.717, 1.165) is 13.0 Å². The molecule has 1 aromatic heterocycles. The predicted molar refractivity (Wildman–Crippen MR) is 102 cm³/mol. The number of aromatic nitrogens is 1. The van der Waals surface area contributed by atoms with E-state index in [-0.39, 0.29) is 0 Å². The van der Waals surface area contributed by atoms with Crippen molar-refractivity contribution in [2.45, 2.75) is 19.9 Å². The van der Waals surface area contributed by atoms with E-state index in [4.69, 9.17) is 0 Å². The number of hydrogen-bond acceptors (Lipinski definition) is 0. The lowest BCUT2D eigenvalue weighted by Gasteiger charge is -2.09. The highest BCUT2D eigenvalue weighted by Crippen LogP contribution is 2.42. The van der Waals surface area contributed by atoms with Gasteiger partial charge in [-0.15, -0.1) is 0 Å². The second-order valence-corrected chi connectivity index (χ2v) is 7.26. The highest BCUT2D eigenvalue weighted by Gasteiger charge is 2.30. The summed E-state index contributed by atoms with van der Waals surface area (Å²) in [5.74, 6) is 0. The van der Waals surface area contributed by atoms with Gasteiger partial charge in [-0.1, -0.05) is 42.5 Å². The summed E-state index contributed by atoms with van der Waals surface area (Å²) >= 11 is 0. The Balaban J connectivity index is 1.68. The molecule has 0 saturated heterocycles. The average molecular weight is 320 g/mol. The number of pyridine rings is 1. The summed E-state index contributed by atoms with van der Waals surface area (Å²) < 4.78 is 2.50. The van der Waals surface area contributed by atoms with E-state index in [9.17, 15) is 0 Å². The first kappa shape index (κ1) is 13.4. The van der Waals surface area contributed by atoms with E-state index in [1.807, 2.05) is 0 Å². The zero-order valence-corrected chi connectivity index (χ0v) is 14.2. The van der Waals surface area contributed by atoms with Gasteiger partial charge in [0.25, 0.3) is 0 Å². The van der Waals surface area contributed by atoms with E-state index in [1.54, 1.807) is 0 Å². The molecule has 1 aliphatic heterocycles. The lowest BCUT2D eigenvalue weighted by atomic mass is 9.96. The second kappa shape index (κ2) is 4.58. The molecule has 0 N–H and O–H groups in total. The molecule has 25 heavy (non-hydrogen) atoms. The van der Waals surface area contributed by atoms with Gasteiger partial charge in [0.1, 0.15) is 0 Å². The van der Waals surface area contributed by atoms with Crippen LogP contribution in [0.5, 0.6) is 0 Å². The Morgan fingerprint density at radius 1 is 0.760 bits per heavy atom. The minimum absolute atomic E-state index is 0.980. The molecular formula is C24H18N+. The van der Waals surface area contributed by atoms with E-state index >= 15 is 0 Å². The summed E-state index contributed by atoms with van der Waals surface area (Å²) in [5, 5.41) is 1.38. The number of benzene rings is 3. The molecule has 0 fully saturated rings. The van der Waals surface area contributed by atoms with Gasteiger partial charge < -0.3 is 0 Å². The number of fused-ring (bicyclic) bond motifs is 8. The zero-order valence-electron chi connectivity index (χ0n) is 14.2. The van der Waals surface area contributed by atoms with Crippen LogP contribution in [0.2, 0.25) is 0 Å². The van der Waals surface area contributed by atoms with Crippen LogP contribution in [0.1, 0.15) is 22.3 Å². The molecule has 0 unspecified atom stereocenters. The topological polar surface area (TPSA) is 3.88 Å². The van der Waals surface area contributed by atoms with Crippen LogP contribution in [0.3, 0.4) is 0 Å². The highest BCUT2D eigenvalue weighted by molar-refractivity contribution is 5.93. The van der Waals surface area contributed by atoms with Gasteiger partial charge >= 0.3 is 0 Å². The van der Waals surface area contributed by atoms with E-state index < -0.39 is 0 Å². The molecule has 0 spiro atoms. The molecule has 1 heteroatoms. The van der Waals surface area contributed by atoms with Gasteiger partial charge in [-0.3, -0.25) is 0 Å². The normalized spacial score (nSPS) is 13.5. The van der Waals surface area contributed by atoms with Crippen LogP contribution in [-0.2, 0) is 13.0 Å². The Kier molecular flexibility index (Phi) is 2.45. The molecule has 118 valence electrons. The molecule has 0 amide bonds. The zero-order chi connectivity index (χ0) is 16.5. The third-order valence-corrected chi connectivity index (χ3v) is 5.97. The summed E-state index contributed by atoms with van der Waals surface area (Å²) in [5.41, 5.74) is 12.8. The molecule has 2 aliphatic rings. The smallest absolute Gasteiger partial charge is 0.187 e. The Morgan fingerprint density at radius 3 is 2.40 bits per heavy atom. The van der Waals surface area contributed by atoms with Gasteiger partial charge in [0, 0.05) is 23.1 Å². The van der Waals surface area contributed by atoms with Gasteiger partial charge in [0.2, 0.25) is 11.2 Å². The van der Waals surface area contributed by atoms with E-state index in [1.165, 1.54) is 55.5 Å². The summed E-state index contributed by atoms with van der Waals surface area (Å²) in [6, 6.07) is 24.7. The molecule has 0 radical (unpaired) electrons. The van der Waals surface area contributed by atoms with Crippen molar-refractivity contribution in [2.24, 2.45) is 0 Å². The molecular weight excluding hydrogens is 302 g/mol. The van der Waals surface area contributed by atoms with Crippen LogP contribution < -0.4 is 4.57 Å². The van der Waals surface area contributed by atoms with Crippen molar-refractivity contribution < 1.29 is 4.57 Å². The standard InChI is InChI=1S/C24H18N/c1-15-19-10-11-22-20-8-4-3-7-17(20)14-25(22)23(19)13-18-12-16-6-2-5-9-21(16)24(15)18/h2-11,13H,12,14H2,1H3/q+1. The summed E-state index contributed by atoms with van der Waals surface area (Å²) in [4.78, 5) is 0. The van der Waals surface area contributed by atoms with Crippen molar-refractivity contribution in [3.8, 4) is 22.4 Å². The highest BCUT2D eigenvalue weighted by atomic mass is 15.0. The van der Waals surface area contributed by atoms with E-state index in [2.05, 4.69) is 78.2 Å². The molecule has 1 nitrogen and oxygen atoms in total. The third kappa shape index (κ3) is 1.65. The monoisotopic (exact) mass is 320 g/mol. The molecule has 4 aromatic rings. The van der Waals surface area contributed by atoms with Crippen molar-refractivity contribution in [3.05, 3.63) is 89.0 Å². The van der Waals surface area contributed by atoms with Crippen molar-refractivity contribution in [1.29, 1.82) is 0 Å². The summed E-state index contributed by atoms with van der Waals surface area (Å²) in [6.07, 6.45) is 1.06. The molecule has 2 heterocycles. The minimum atomic E-state index is 0.980. The number of nitrogens with zero attached hydrogens (tertiary/aromatic N) is 1. The third-order valence-electron chi connectivity index (χ3n) is 5.97. The maximum Gasteiger partial charge on any atom is 0.213 e. The molecule has 0 saturated carbocycles. The van der Waals surface area contributed by atoms with Crippen molar-refractivity contribution in [2.75, 3.05) is 0 Å². The first-order valence-electron chi connectivity index (χ1n) is 8.97. The van der Waals surface area contributed by atoms with Crippen LogP contribution in [0, 0.1) is 6.92 Å². The largest absolute Gasteiger partial charge is 0.213 e. The number of aryl methyl sites for hydroxylation is 1. The van der Waals surface area contributed by atoms with Crippen molar-refractivity contribution >= 4 is 10.9 Å². The summed E-state index contributed by atoms with van der Waals surface area (Å²) in [6.45, 7) is 3.27. The van der Waals surface area contributed by atoms with E-state index in [0.29, 0.717) is 0 Å². The first-order valence-corrected chi connectivity index (χ1v) is 8.97. The Hall–Kier alpha value is -2.93. The average Bonchev–Trinajstić information content (AvgIpc) is 3.20. The Labute approximate surface area is 147 Å². The quantitative estimate of drug-likeness (QED) is 0.345. The molecule has 6 rings (SSSR count). The van der Waals surface area contributed by atoms with Gasteiger partial charge in [0.05, 0.1) is 5.56 Å². The maximum absolute atomic E-state index is 2.50. The van der Waals surface area contributed by atoms with Crippen LogP contribution in [-0.4, -0.2) is 0 Å². The van der Waals surface area contributed by atoms with Crippen molar-refractivity contribution in [3.63, 3.8) is 0 Å². The number of rotatable bonds is 0. The van der Waals surface area contributed by atoms with Crippen LogP contribution >= 0.6 is 0 Å². The van der Waals surface area contributed by atoms with Crippen LogP contribution in [0.25, 0.3) is 33.3 Å². The minimum Gasteiger partial charge on any atom is -0.187 e. The fourth-order valence-electron chi connectivity index (χ4n) is 4.82. The number of hydrogen-bond donors (Lipinski definition) is 0. The fourth-order valence-corrected chi connectivity index (χ4v) is 4.82. The molecule has 1 aliphatic carbocycles. The fraction of sp³-hybridized carbons (Fsp3) is 0.125. The Morgan fingerprint density at radius 2 is 1.52 bits per heavy atom. The van der Waals surface area contributed by atoms with Gasteiger partial charge in [-0.25, -0.2) is 0 Å². The Bertz CT molecular complexity index is 1200. The lowest BCUT2D eigenvalue weighted by molar-refractivity contribution is -0.645. The van der Waals surface area contributed by atoms with Crippen LogP contribution in [0.15, 0.2) is 66.7 Å². The van der Waals surface area contributed by atoms with Gasteiger partial charge in [0.15, 0.2) is 6.54 Å².